The first-order valence-corrected chi connectivity index (χ1v) is 36.2. The third-order valence-electron chi connectivity index (χ3n) is 14.6. The number of benzene rings is 5. The van der Waals surface area contributed by atoms with E-state index in [-0.39, 0.29) is 48.1 Å². The van der Waals surface area contributed by atoms with Crippen LogP contribution >= 0.6 is 31.4 Å². The lowest BCUT2D eigenvalue weighted by Gasteiger charge is -2.24. The molecule has 20 nitrogen and oxygen atoms in total. The van der Waals surface area contributed by atoms with Crippen LogP contribution in [0.5, 0.6) is 5.75 Å². The number of ether oxygens (including phenoxy) is 3. The molecule has 3 unspecified atom stereocenters. The maximum atomic E-state index is 13.1. The fraction of sp³-hybridized carbons (Fsp3) is 0.452. The van der Waals surface area contributed by atoms with Crippen molar-refractivity contribution in [2.45, 2.75) is 143 Å². The molecule has 5 rings (SSSR count). The van der Waals surface area contributed by atoms with Crippen LogP contribution in [0.1, 0.15) is 121 Å². The average Bonchev–Trinajstić information content (AvgIpc) is 0.790. The molecular formula is C73H98N7O13PS2. The Hall–Kier alpha value is -8.00. The molecule has 96 heavy (non-hydrogen) atoms. The van der Waals surface area contributed by atoms with Crippen LogP contribution in [0.4, 0.5) is 0 Å². The number of carbonyl (C=O) groups is 10. The van der Waals surface area contributed by atoms with Crippen molar-refractivity contribution in [2.24, 2.45) is 40.4 Å². The third kappa shape index (κ3) is 32.6. The average molecular weight is 1380 g/mol. The summed E-state index contributed by atoms with van der Waals surface area (Å²) in [5.74, 6) is -0.731. The molecule has 0 aliphatic rings. The Morgan fingerprint density at radius 1 is 0.594 bits per heavy atom. The number of azide groups is 1. The van der Waals surface area contributed by atoms with Crippen LogP contribution in [-0.2, 0) is 65.5 Å². The van der Waals surface area contributed by atoms with Crippen molar-refractivity contribution in [1.29, 1.82) is 0 Å². The van der Waals surface area contributed by atoms with E-state index in [0.717, 1.165) is 39.7 Å². The van der Waals surface area contributed by atoms with Crippen molar-refractivity contribution in [3.63, 3.8) is 0 Å². The number of carbonyl (C=O) groups excluding carboxylic acids is 10. The number of aldehydes is 1. The molecule has 0 saturated heterocycles. The Balaban J connectivity index is 0.000000470. The molecule has 5 aromatic rings. The number of hydrogen-bond acceptors (Lipinski definition) is 17. The molecule has 0 fully saturated rings. The van der Waals surface area contributed by atoms with E-state index in [1.807, 2.05) is 158 Å². The van der Waals surface area contributed by atoms with Gasteiger partial charge in [-0.3, -0.25) is 38.4 Å². The summed E-state index contributed by atoms with van der Waals surface area (Å²) in [7, 11) is 1.55. The monoisotopic (exact) mass is 1380 g/mol. The summed E-state index contributed by atoms with van der Waals surface area (Å²) in [6.07, 6.45) is 9.47. The first-order valence-electron chi connectivity index (χ1n) is 32.1. The van der Waals surface area contributed by atoms with E-state index in [2.05, 4.69) is 50.2 Å². The number of amides is 3. The van der Waals surface area contributed by atoms with E-state index >= 15 is 0 Å². The largest absolute Gasteiger partial charge is 0.469 e. The van der Waals surface area contributed by atoms with Gasteiger partial charge >= 0.3 is 17.9 Å². The van der Waals surface area contributed by atoms with E-state index in [9.17, 15) is 47.9 Å². The van der Waals surface area contributed by atoms with Gasteiger partial charge in [0, 0.05) is 29.7 Å². The van der Waals surface area contributed by atoms with Crippen molar-refractivity contribution < 1.29 is 62.2 Å². The van der Waals surface area contributed by atoms with Gasteiger partial charge in [0.15, 0.2) is 11.6 Å². The van der Waals surface area contributed by atoms with Gasteiger partial charge < -0.3 is 40.7 Å². The van der Waals surface area contributed by atoms with Gasteiger partial charge in [0.25, 0.3) is 0 Å². The van der Waals surface area contributed by atoms with Crippen molar-refractivity contribution in [3.8, 4) is 5.75 Å². The van der Waals surface area contributed by atoms with Gasteiger partial charge in [-0.25, -0.2) is 4.79 Å². The SMILES string of the molecule is CC(C)C[C@H](N)C=O.CCC(=O)c1ccc(OC(=O)[C@H](CCSC)NC=O)cc1P(c1ccccc1)c1ccccc1.COC(=O)C(CC(=O)C(CC(C)C)NC(=O)C(CCSC)NC=O)Cc1ccccc1.COC(=O)[C@@H](CC(=O)[C@H](CC(C)C)N=[N+]=[N-])Cc1ccccc1. The number of rotatable bonds is 39. The zero-order chi connectivity index (χ0) is 71.4. The molecule has 5 N–H and O–H groups in total. The van der Waals surface area contributed by atoms with E-state index in [0.29, 0.717) is 86.5 Å². The van der Waals surface area contributed by atoms with Crippen LogP contribution in [0, 0.1) is 29.6 Å². The summed E-state index contributed by atoms with van der Waals surface area (Å²) < 4.78 is 15.4. The van der Waals surface area contributed by atoms with Gasteiger partial charge in [-0.1, -0.05) is 175 Å². The van der Waals surface area contributed by atoms with Crippen molar-refractivity contribution in [2.75, 3.05) is 38.2 Å². The molecule has 23 heteroatoms. The van der Waals surface area contributed by atoms with Crippen LogP contribution in [0.2, 0.25) is 0 Å². The fourth-order valence-electron chi connectivity index (χ4n) is 9.89. The number of hydrogen-bond donors (Lipinski definition) is 4. The Bertz CT molecular complexity index is 3160. The molecular weight excluding hydrogens is 1280 g/mol. The summed E-state index contributed by atoms with van der Waals surface area (Å²) in [4.78, 5) is 123. The zero-order valence-electron chi connectivity index (χ0n) is 57.3. The van der Waals surface area contributed by atoms with E-state index in [1.54, 1.807) is 41.7 Å². The molecule has 3 amide bonds. The molecule has 0 spiro atoms. The molecule has 0 aliphatic carbocycles. The number of nitrogens with one attached hydrogen (secondary N) is 3. The highest BCUT2D eigenvalue weighted by Crippen LogP contribution is 2.36. The zero-order valence-corrected chi connectivity index (χ0v) is 59.8. The van der Waals surface area contributed by atoms with Crippen LogP contribution in [0.3, 0.4) is 0 Å². The summed E-state index contributed by atoms with van der Waals surface area (Å²) in [5.41, 5.74) is 16.5. The highest BCUT2D eigenvalue weighted by Gasteiger charge is 2.32. The molecule has 0 radical (unpaired) electrons. The molecule has 520 valence electrons. The molecule has 0 heterocycles. The Kier molecular flexibility index (Phi) is 42.6. The summed E-state index contributed by atoms with van der Waals surface area (Å²) in [5, 5.41) is 14.5. The Labute approximate surface area is 576 Å². The predicted octanol–water partition coefficient (Wildman–Crippen LogP) is 10.4. The first kappa shape index (κ1) is 84.1. The molecule has 0 bridgehead atoms. The van der Waals surface area contributed by atoms with Crippen molar-refractivity contribution in [3.05, 3.63) is 167 Å². The van der Waals surface area contributed by atoms with Crippen molar-refractivity contribution in [1.82, 2.24) is 16.0 Å². The first-order chi connectivity index (χ1) is 46.0. The summed E-state index contributed by atoms with van der Waals surface area (Å²) in [6, 6.07) is 41.1. The van der Waals surface area contributed by atoms with Gasteiger partial charge in [-0.05, 0) is 145 Å². The number of methoxy groups -OCH3 is 2. The van der Waals surface area contributed by atoms with Crippen LogP contribution in [0.25, 0.3) is 10.4 Å². The second-order valence-corrected chi connectivity index (χ2v) is 27.9. The fourth-order valence-corrected chi connectivity index (χ4v) is 13.3. The Morgan fingerprint density at radius 3 is 1.45 bits per heavy atom. The smallest absolute Gasteiger partial charge is 0.334 e. The van der Waals surface area contributed by atoms with Gasteiger partial charge in [0.2, 0.25) is 18.7 Å². The Morgan fingerprint density at radius 2 is 1.04 bits per heavy atom. The highest BCUT2D eigenvalue weighted by molar-refractivity contribution is 7.98. The van der Waals surface area contributed by atoms with E-state index in [4.69, 9.17) is 25.5 Å². The number of Topliss-reactive ketones (excluding diaryl/α,β-unsaturated/α-hetero) is 3. The lowest BCUT2D eigenvalue weighted by atomic mass is 9.89. The quantitative estimate of drug-likeness (QED) is 0.00415. The van der Waals surface area contributed by atoms with Crippen LogP contribution < -0.4 is 42.3 Å². The summed E-state index contributed by atoms with van der Waals surface area (Å²) >= 11 is 3.16. The topological polar surface area (TPSA) is 309 Å². The standard InChI is InChI=1S/C27H28NO4PS.C23H34N2O5S.C17H23N3O3.C6H13NO/c1-3-25(30)23-15-14-20(32-27(31)24(28-19-29)16-17-34-2)18-26(23)33(21-10-6-4-7-11-21)22-12-8-5-9-13-22;1-16(2)12-20(25-22(28)19(24-15-26)10-11-31-4)21(27)14-18(23(29)30-3)13-17-8-6-5-7-9-17;1-12(2)9-15(19-20-18)16(21)11-14(17(22)23-3)10-13-7-5-4-6-8-13;1-5(2)3-6(7)4-8/h4-15,18-19,24H,3,16-17H2,1-2H3,(H,28,29);5-9,15-16,18-20H,10-14H2,1-4H3,(H,24,26)(H,25,28);4-8,12,14-15H,9-11H2,1-3H3;4-6H,3,7H2,1-2H3/t24-;;14-,15+;6-/m0.10/s1. The minimum atomic E-state index is -1.06. The van der Waals surface area contributed by atoms with Gasteiger partial charge in [-0.2, -0.15) is 23.5 Å². The maximum absolute atomic E-state index is 13.1. The van der Waals surface area contributed by atoms with Gasteiger partial charge in [-0.15, -0.1) is 0 Å². The van der Waals surface area contributed by atoms with Crippen LogP contribution in [-0.4, -0.2) is 129 Å². The van der Waals surface area contributed by atoms with E-state index in [1.165, 1.54) is 14.2 Å². The van der Waals surface area contributed by atoms with Gasteiger partial charge in [0.1, 0.15) is 29.9 Å². The molecule has 0 aliphatic heterocycles. The van der Waals surface area contributed by atoms with Gasteiger partial charge in [0.05, 0.1) is 44.2 Å². The third-order valence-corrected chi connectivity index (χ3v) is 18.4. The normalized spacial score (nSPS) is 12.8. The number of thioether (sulfide) groups is 2. The molecule has 7 atom stereocenters. The van der Waals surface area contributed by atoms with E-state index < -0.39 is 67.7 Å². The highest BCUT2D eigenvalue weighted by atomic mass is 32.2. The summed E-state index contributed by atoms with van der Waals surface area (Å²) in [6.45, 7) is 13.8. The number of nitrogens with zero attached hydrogens (tertiary/aromatic N) is 3. The number of ketones is 3. The second-order valence-electron chi connectivity index (χ2n) is 23.8. The molecule has 0 saturated carbocycles. The van der Waals surface area contributed by atoms with Crippen molar-refractivity contribution >= 4 is 108 Å². The van der Waals surface area contributed by atoms with Crippen LogP contribution in [0.15, 0.2) is 145 Å². The molecule has 0 aromatic heterocycles. The predicted molar refractivity (Wildman–Crippen MR) is 385 cm³/mol. The number of nitrogens with two attached hydrogens (primary N) is 1. The maximum Gasteiger partial charge on any atom is 0.334 e. The molecule has 5 aromatic carbocycles. The minimum Gasteiger partial charge on any atom is -0.469 e. The lowest BCUT2D eigenvalue weighted by molar-refractivity contribution is -0.147. The second kappa shape index (κ2) is 48.7. The number of esters is 3. The lowest BCUT2D eigenvalue weighted by Crippen LogP contribution is -2.51. The minimum absolute atomic E-state index is 0.0119.